The molecule has 111 valence electrons. The Balaban J connectivity index is 3.10. The first-order valence-corrected chi connectivity index (χ1v) is 7.97. The molecule has 0 spiro atoms. The van der Waals surface area contributed by atoms with Crippen LogP contribution in [0.3, 0.4) is 0 Å². The molecule has 0 fully saturated rings. The van der Waals surface area contributed by atoms with Gasteiger partial charge >= 0.3 is 0 Å². The molecule has 9 nitrogen and oxygen atoms in total. The van der Waals surface area contributed by atoms with Crippen molar-refractivity contribution in [2.75, 3.05) is 0 Å². The van der Waals surface area contributed by atoms with E-state index in [1.807, 2.05) is 0 Å². The quantitative estimate of drug-likeness (QED) is 0.480. The minimum atomic E-state index is -4.85. The summed E-state index contributed by atoms with van der Waals surface area (Å²) < 4.78 is 63.3. The zero-order valence-corrected chi connectivity index (χ0v) is 11.6. The Labute approximate surface area is 118 Å². The van der Waals surface area contributed by atoms with Crippen molar-refractivity contribution in [3.05, 3.63) is 40.4 Å². The summed E-state index contributed by atoms with van der Waals surface area (Å²) >= 11 is 0. The number of fused-ring (bicyclic) bond motifs is 1. The normalized spacial score (nSPS) is 12.5. The summed E-state index contributed by atoms with van der Waals surface area (Å²) in [5.74, 6) is 0. The van der Waals surface area contributed by atoms with Crippen LogP contribution < -0.4 is 0 Å². The molecule has 0 unspecified atom stereocenters. The van der Waals surface area contributed by atoms with Gasteiger partial charge in [-0.2, -0.15) is 16.8 Å². The van der Waals surface area contributed by atoms with Crippen molar-refractivity contribution in [1.29, 1.82) is 0 Å². The van der Waals surface area contributed by atoms with E-state index in [1.165, 1.54) is 0 Å². The van der Waals surface area contributed by atoms with Gasteiger partial charge in [-0.05, 0) is 18.2 Å². The van der Waals surface area contributed by atoms with E-state index >= 15 is 0 Å². The predicted molar refractivity (Wildman–Crippen MR) is 69.1 cm³/mol. The number of hydrogen-bond donors (Lipinski definition) is 2. The minimum Gasteiger partial charge on any atom is -0.282 e. The van der Waals surface area contributed by atoms with Crippen LogP contribution in [0, 0.1) is 16.2 Å². The lowest BCUT2D eigenvalue weighted by Crippen LogP contribution is -2.04. The molecule has 0 aliphatic carbocycles. The molecule has 0 atom stereocenters. The van der Waals surface area contributed by atoms with Crippen molar-refractivity contribution in [1.82, 2.24) is 0 Å². The van der Waals surface area contributed by atoms with E-state index in [2.05, 4.69) is 6.07 Å². The van der Waals surface area contributed by atoms with Crippen molar-refractivity contribution in [2.24, 2.45) is 0 Å². The molecule has 2 rings (SSSR count). The first-order valence-electron chi connectivity index (χ1n) is 5.09. The molecular weight excluding hydrogens is 326 g/mol. The van der Waals surface area contributed by atoms with Crippen molar-refractivity contribution >= 4 is 36.7 Å². The average Bonchev–Trinajstić information content (AvgIpc) is 2.34. The highest BCUT2D eigenvalue weighted by Gasteiger charge is 2.24. The van der Waals surface area contributed by atoms with Crippen molar-refractivity contribution in [2.45, 2.75) is 9.79 Å². The standard InChI is InChI=1S/C10H6NO8S2/c12-11(13)6-4-8-7(10(5-6)21(17,18)19)2-1-3-9(8)20(14,15)16/h2-5H,(H,14,15,16)(H,17,18,19). The van der Waals surface area contributed by atoms with Gasteiger partial charge in [0.2, 0.25) is 0 Å². The van der Waals surface area contributed by atoms with Crippen LogP contribution in [-0.4, -0.2) is 30.9 Å². The summed E-state index contributed by atoms with van der Waals surface area (Å²) in [5.41, 5.74) is -0.758. The van der Waals surface area contributed by atoms with Gasteiger partial charge in [-0.3, -0.25) is 19.2 Å². The van der Waals surface area contributed by atoms with Crippen LogP contribution in [0.1, 0.15) is 0 Å². The Morgan fingerprint density at radius 2 is 1.52 bits per heavy atom. The van der Waals surface area contributed by atoms with Crippen molar-refractivity contribution in [3.63, 3.8) is 0 Å². The lowest BCUT2D eigenvalue weighted by molar-refractivity contribution is -0.384. The Hall–Kier alpha value is -2.08. The average molecular weight is 332 g/mol. The molecule has 0 saturated carbocycles. The second-order valence-corrected chi connectivity index (χ2v) is 6.71. The van der Waals surface area contributed by atoms with Crippen LogP contribution in [0.25, 0.3) is 10.8 Å². The molecule has 0 heterocycles. The number of nitro benzene ring substituents is 1. The number of hydrogen-bond acceptors (Lipinski definition) is 6. The van der Waals surface area contributed by atoms with Crippen molar-refractivity contribution < 1.29 is 30.9 Å². The summed E-state index contributed by atoms with van der Waals surface area (Å²) in [7, 11) is -9.61. The molecule has 0 aromatic heterocycles. The summed E-state index contributed by atoms with van der Waals surface area (Å²) in [6.45, 7) is 0. The molecule has 2 aromatic rings. The Kier molecular flexibility index (Phi) is 3.45. The molecule has 11 heteroatoms. The summed E-state index contributed by atoms with van der Waals surface area (Å²) in [6.07, 6.45) is 0. The Morgan fingerprint density at radius 1 is 0.952 bits per heavy atom. The highest BCUT2D eigenvalue weighted by atomic mass is 32.2. The molecule has 2 aromatic carbocycles. The number of nitrogens with zero attached hydrogens (tertiary/aromatic N) is 1. The zero-order valence-electron chi connectivity index (χ0n) is 9.92. The number of nitro groups is 1. The fourth-order valence-corrected chi connectivity index (χ4v) is 3.16. The van der Waals surface area contributed by atoms with Gasteiger partial charge in [0.15, 0.2) is 0 Å². The van der Waals surface area contributed by atoms with Gasteiger partial charge in [-0.1, -0.05) is 0 Å². The SMILES string of the molecule is O=[N+]([O-])c1cc(S(=O)(=O)O)c2c[c]cc(S(=O)(=O)O)c2c1. The Bertz CT molecular complexity index is 962. The molecule has 21 heavy (non-hydrogen) atoms. The van der Waals surface area contributed by atoms with E-state index in [4.69, 9.17) is 9.11 Å². The number of rotatable bonds is 3. The van der Waals surface area contributed by atoms with E-state index < -0.39 is 46.0 Å². The fourth-order valence-electron chi connectivity index (χ4n) is 1.78. The van der Waals surface area contributed by atoms with E-state index in [0.29, 0.717) is 6.07 Å². The van der Waals surface area contributed by atoms with Gasteiger partial charge in [0.05, 0.1) is 4.92 Å². The Morgan fingerprint density at radius 3 is 2.00 bits per heavy atom. The lowest BCUT2D eigenvalue weighted by Gasteiger charge is -2.07. The summed E-state index contributed by atoms with van der Waals surface area (Å²) in [4.78, 5) is 8.23. The lowest BCUT2D eigenvalue weighted by atomic mass is 10.1. The highest BCUT2D eigenvalue weighted by Crippen LogP contribution is 2.32. The highest BCUT2D eigenvalue weighted by molar-refractivity contribution is 7.86. The zero-order chi connectivity index (χ0) is 16.0. The third-order valence-electron chi connectivity index (χ3n) is 2.60. The van der Waals surface area contributed by atoms with Gasteiger partial charge in [-0.15, -0.1) is 0 Å². The maximum atomic E-state index is 11.3. The van der Waals surface area contributed by atoms with E-state index in [-0.39, 0.29) is 5.39 Å². The van der Waals surface area contributed by atoms with Gasteiger partial charge < -0.3 is 0 Å². The van der Waals surface area contributed by atoms with Crippen LogP contribution in [0.5, 0.6) is 0 Å². The van der Waals surface area contributed by atoms with Crippen molar-refractivity contribution in [3.8, 4) is 0 Å². The molecule has 0 saturated heterocycles. The molecule has 2 N–H and O–H groups in total. The maximum Gasteiger partial charge on any atom is 0.295 e. The predicted octanol–water partition coefficient (Wildman–Crippen LogP) is 1.04. The van der Waals surface area contributed by atoms with Crippen LogP contribution in [0.15, 0.2) is 34.1 Å². The monoisotopic (exact) mass is 332 g/mol. The van der Waals surface area contributed by atoms with Crippen LogP contribution >= 0.6 is 0 Å². The second kappa shape index (κ2) is 4.73. The van der Waals surface area contributed by atoms with Crippen LogP contribution in [0.4, 0.5) is 5.69 Å². The smallest absolute Gasteiger partial charge is 0.282 e. The number of non-ortho nitro benzene ring substituents is 1. The summed E-state index contributed by atoms with van der Waals surface area (Å²) in [5, 5.41) is 10.1. The first kappa shape index (κ1) is 15.3. The maximum absolute atomic E-state index is 11.3. The topological polar surface area (TPSA) is 152 Å². The third kappa shape index (κ3) is 2.85. The van der Waals surface area contributed by atoms with E-state index in [1.54, 1.807) is 0 Å². The molecule has 0 aliphatic rings. The van der Waals surface area contributed by atoms with Crippen LogP contribution in [0.2, 0.25) is 0 Å². The second-order valence-electron chi connectivity index (χ2n) is 3.93. The van der Waals surface area contributed by atoms with Gasteiger partial charge in [0.1, 0.15) is 9.79 Å². The van der Waals surface area contributed by atoms with Gasteiger partial charge in [0, 0.05) is 22.9 Å². The summed E-state index contributed by atoms with van der Waals surface area (Å²) in [6, 6.07) is 5.50. The molecule has 0 aliphatic heterocycles. The first-order chi connectivity index (χ1) is 9.51. The molecular formula is C10H6NO8S2. The minimum absolute atomic E-state index is 0.321. The van der Waals surface area contributed by atoms with Gasteiger partial charge in [0.25, 0.3) is 25.9 Å². The van der Waals surface area contributed by atoms with E-state index in [0.717, 1.165) is 18.2 Å². The molecule has 1 radical (unpaired) electrons. The third-order valence-corrected chi connectivity index (χ3v) is 4.39. The fraction of sp³-hybridized carbons (Fsp3) is 0. The number of benzene rings is 2. The largest absolute Gasteiger partial charge is 0.295 e. The van der Waals surface area contributed by atoms with Crippen LogP contribution in [-0.2, 0) is 20.2 Å². The van der Waals surface area contributed by atoms with Gasteiger partial charge in [-0.25, -0.2) is 0 Å². The molecule has 0 amide bonds. The van der Waals surface area contributed by atoms with E-state index in [9.17, 15) is 26.9 Å². The molecule has 0 bridgehead atoms.